The molecule has 132 valence electrons. The van der Waals surface area contributed by atoms with Crippen LogP contribution in [0.2, 0.25) is 0 Å². The van der Waals surface area contributed by atoms with Gasteiger partial charge in [0.15, 0.2) is 0 Å². The van der Waals surface area contributed by atoms with Gasteiger partial charge in [0.05, 0.1) is 0 Å². The van der Waals surface area contributed by atoms with Crippen molar-refractivity contribution in [2.24, 2.45) is 11.7 Å². The molecule has 2 heterocycles. The van der Waals surface area contributed by atoms with E-state index in [1.54, 1.807) is 0 Å². The van der Waals surface area contributed by atoms with Gasteiger partial charge in [0.1, 0.15) is 0 Å². The molecule has 1 aromatic rings. The Morgan fingerprint density at radius 1 is 1.25 bits per heavy atom. The van der Waals surface area contributed by atoms with Crippen LogP contribution >= 0.6 is 0 Å². The number of amides is 1. The number of aromatic nitrogens is 1. The van der Waals surface area contributed by atoms with E-state index < -0.39 is 0 Å². The van der Waals surface area contributed by atoms with E-state index in [9.17, 15) is 4.79 Å². The third-order valence-electron chi connectivity index (χ3n) is 5.29. The summed E-state index contributed by atoms with van der Waals surface area (Å²) in [5, 5.41) is 3.08. The number of pyridine rings is 1. The second-order valence-corrected chi connectivity index (χ2v) is 7.24. The highest BCUT2D eigenvalue weighted by Gasteiger charge is 2.37. The van der Waals surface area contributed by atoms with Crippen LogP contribution in [-0.4, -0.2) is 47.5 Å². The second-order valence-electron chi connectivity index (χ2n) is 7.24. The minimum absolute atomic E-state index is 0.180. The van der Waals surface area contributed by atoms with Crippen LogP contribution < -0.4 is 11.1 Å². The Morgan fingerprint density at radius 3 is 2.79 bits per heavy atom. The highest BCUT2D eigenvalue weighted by molar-refractivity contribution is 5.76. The minimum atomic E-state index is 0.180. The molecule has 5 nitrogen and oxygen atoms in total. The third kappa shape index (κ3) is 5.02. The van der Waals surface area contributed by atoms with Gasteiger partial charge in [-0.2, -0.15) is 0 Å². The smallest absolute Gasteiger partial charge is 0.221 e. The van der Waals surface area contributed by atoms with Gasteiger partial charge in [-0.05, 0) is 56.6 Å². The van der Waals surface area contributed by atoms with Crippen LogP contribution in [0.3, 0.4) is 0 Å². The quantitative estimate of drug-likeness (QED) is 0.676. The fraction of sp³-hybridized carbons (Fsp3) is 0.684. The molecule has 1 aromatic heterocycles. The average molecular weight is 330 g/mol. The molecule has 2 fully saturated rings. The number of carbonyl (C=O) groups is 1. The van der Waals surface area contributed by atoms with Crippen LogP contribution in [0.1, 0.15) is 44.2 Å². The summed E-state index contributed by atoms with van der Waals surface area (Å²) in [6.07, 6.45) is 9.22. The molecule has 0 aromatic carbocycles. The number of nitrogens with one attached hydrogen (secondary N) is 1. The SMILES string of the molecule is NC[C@H]1CC[C@@H](CC(=O)NCCCc2ccccn2)N1CC1CC1. The average Bonchev–Trinajstić information content (AvgIpc) is 3.34. The van der Waals surface area contributed by atoms with Crippen molar-refractivity contribution in [2.75, 3.05) is 19.6 Å². The first kappa shape index (κ1) is 17.4. The van der Waals surface area contributed by atoms with E-state index in [0.29, 0.717) is 18.5 Å². The first-order valence-electron chi connectivity index (χ1n) is 9.38. The highest BCUT2D eigenvalue weighted by atomic mass is 16.1. The van der Waals surface area contributed by atoms with Gasteiger partial charge in [0.2, 0.25) is 5.91 Å². The van der Waals surface area contributed by atoms with E-state index >= 15 is 0 Å². The van der Waals surface area contributed by atoms with Gasteiger partial charge >= 0.3 is 0 Å². The molecule has 2 atom stereocenters. The standard InChI is InChI=1S/C19H30N4O/c20-13-18-9-8-17(23(18)14-15-6-7-15)12-19(24)22-11-3-5-16-4-1-2-10-21-16/h1-2,4,10,15,17-18H,3,5-9,11-14,20H2,(H,22,24)/t17-,18+/m0/s1. The Hall–Kier alpha value is -1.46. The lowest BCUT2D eigenvalue weighted by atomic mass is 10.1. The second kappa shape index (κ2) is 8.58. The predicted molar refractivity (Wildman–Crippen MR) is 95.5 cm³/mol. The summed E-state index contributed by atoms with van der Waals surface area (Å²) in [6.45, 7) is 2.58. The van der Waals surface area contributed by atoms with Crippen LogP contribution in [0.25, 0.3) is 0 Å². The molecular formula is C19H30N4O. The Morgan fingerprint density at radius 2 is 2.08 bits per heavy atom. The number of carbonyl (C=O) groups excluding carboxylic acids is 1. The molecule has 1 aliphatic heterocycles. The van der Waals surface area contributed by atoms with E-state index in [1.165, 1.54) is 12.8 Å². The topological polar surface area (TPSA) is 71.2 Å². The summed E-state index contributed by atoms with van der Waals surface area (Å²) in [5.41, 5.74) is 7.01. The van der Waals surface area contributed by atoms with Crippen LogP contribution in [0, 0.1) is 5.92 Å². The summed E-state index contributed by atoms with van der Waals surface area (Å²) in [4.78, 5) is 19.1. The predicted octanol–water partition coefficient (Wildman–Crippen LogP) is 1.72. The zero-order valence-electron chi connectivity index (χ0n) is 14.5. The highest BCUT2D eigenvalue weighted by Crippen LogP contribution is 2.35. The number of hydrogen-bond donors (Lipinski definition) is 2. The first-order chi connectivity index (χ1) is 11.8. The van der Waals surface area contributed by atoms with Crippen LogP contribution in [0.5, 0.6) is 0 Å². The molecule has 2 aliphatic rings. The van der Waals surface area contributed by atoms with E-state index in [-0.39, 0.29) is 5.91 Å². The number of nitrogens with zero attached hydrogens (tertiary/aromatic N) is 2. The van der Waals surface area contributed by atoms with E-state index in [0.717, 1.165) is 56.9 Å². The number of nitrogens with two attached hydrogens (primary N) is 1. The van der Waals surface area contributed by atoms with Gasteiger partial charge in [0.25, 0.3) is 0 Å². The maximum absolute atomic E-state index is 12.3. The lowest BCUT2D eigenvalue weighted by Gasteiger charge is -2.29. The Labute approximate surface area is 145 Å². The lowest BCUT2D eigenvalue weighted by Crippen LogP contribution is -2.43. The fourth-order valence-corrected chi connectivity index (χ4v) is 3.71. The van der Waals surface area contributed by atoms with Crippen LogP contribution in [0.4, 0.5) is 0 Å². The van der Waals surface area contributed by atoms with Crippen molar-refractivity contribution in [1.29, 1.82) is 0 Å². The summed E-state index contributed by atoms with van der Waals surface area (Å²) >= 11 is 0. The van der Waals surface area contributed by atoms with E-state index in [1.807, 2.05) is 24.4 Å². The number of aryl methyl sites for hydroxylation is 1. The molecule has 0 radical (unpaired) electrons. The number of likely N-dealkylation sites (tertiary alicyclic amines) is 1. The Kier molecular flexibility index (Phi) is 6.21. The zero-order chi connectivity index (χ0) is 16.8. The molecule has 24 heavy (non-hydrogen) atoms. The fourth-order valence-electron chi connectivity index (χ4n) is 3.71. The van der Waals surface area contributed by atoms with Crippen LogP contribution in [-0.2, 0) is 11.2 Å². The molecule has 0 bridgehead atoms. The van der Waals surface area contributed by atoms with Crippen molar-refractivity contribution in [2.45, 2.75) is 57.0 Å². The summed E-state index contributed by atoms with van der Waals surface area (Å²) < 4.78 is 0. The molecule has 3 rings (SSSR count). The van der Waals surface area contributed by atoms with Gasteiger partial charge in [-0.1, -0.05) is 6.07 Å². The molecule has 1 saturated heterocycles. The van der Waals surface area contributed by atoms with Crippen molar-refractivity contribution in [1.82, 2.24) is 15.2 Å². The minimum Gasteiger partial charge on any atom is -0.356 e. The van der Waals surface area contributed by atoms with Crippen molar-refractivity contribution >= 4 is 5.91 Å². The van der Waals surface area contributed by atoms with Gasteiger partial charge in [-0.3, -0.25) is 14.7 Å². The van der Waals surface area contributed by atoms with Crippen molar-refractivity contribution in [3.05, 3.63) is 30.1 Å². The third-order valence-corrected chi connectivity index (χ3v) is 5.29. The van der Waals surface area contributed by atoms with Crippen molar-refractivity contribution in [3.63, 3.8) is 0 Å². The van der Waals surface area contributed by atoms with Gasteiger partial charge in [0, 0.05) is 50.0 Å². The largest absolute Gasteiger partial charge is 0.356 e. The normalized spacial score (nSPS) is 24.2. The summed E-state index contributed by atoms with van der Waals surface area (Å²) in [6, 6.07) is 6.82. The first-order valence-corrected chi connectivity index (χ1v) is 9.38. The van der Waals surface area contributed by atoms with Gasteiger partial charge in [-0.25, -0.2) is 0 Å². The molecule has 0 unspecified atom stereocenters. The molecule has 0 spiro atoms. The molecule has 1 aliphatic carbocycles. The molecule has 3 N–H and O–H groups in total. The number of hydrogen-bond acceptors (Lipinski definition) is 4. The Bertz CT molecular complexity index is 517. The van der Waals surface area contributed by atoms with Gasteiger partial charge < -0.3 is 11.1 Å². The summed E-state index contributed by atoms with van der Waals surface area (Å²) in [5.74, 6) is 1.03. The van der Waals surface area contributed by atoms with Crippen LogP contribution in [0.15, 0.2) is 24.4 Å². The number of rotatable bonds is 9. The maximum Gasteiger partial charge on any atom is 0.221 e. The van der Waals surface area contributed by atoms with Crippen molar-refractivity contribution < 1.29 is 4.79 Å². The molecule has 1 saturated carbocycles. The Balaban J connectivity index is 1.37. The summed E-state index contributed by atoms with van der Waals surface area (Å²) in [7, 11) is 0. The maximum atomic E-state index is 12.3. The van der Waals surface area contributed by atoms with Gasteiger partial charge in [-0.15, -0.1) is 0 Å². The van der Waals surface area contributed by atoms with Crippen molar-refractivity contribution in [3.8, 4) is 0 Å². The molecule has 5 heteroatoms. The molecule has 1 amide bonds. The lowest BCUT2D eigenvalue weighted by molar-refractivity contribution is -0.122. The monoisotopic (exact) mass is 330 g/mol. The molecular weight excluding hydrogens is 300 g/mol. The zero-order valence-corrected chi connectivity index (χ0v) is 14.5. The van der Waals surface area contributed by atoms with E-state index in [4.69, 9.17) is 5.73 Å². The van der Waals surface area contributed by atoms with E-state index in [2.05, 4.69) is 15.2 Å².